The minimum absolute atomic E-state index is 0.153. The summed E-state index contributed by atoms with van der Waals surface area (Å²) in [5.74, 6) is 0.453. The highest BCUT2D eigenvalue weighted by molar-refractivity contribution is 7.13. The lowest BCUT2D eigenvalue weighted by Crippen LogP contribution is -2.24. The van der Waals surface area contributed by atoms with Crippen molar-refractivity contribution in [2.45, 2.75) is 19.8 Å². The lowest BCUT2D eigenvalue weighted by atomic mass is 10.1. The molecule has 0 bridgehead atoms. The highest BCUT2D eigenvalue weighted by atomic mass is 32.1. The summed E-state index contributed by atoms with van der Waals surface area (Å²) in [4.78, 5) is 30.7. The van der Waals surface area contributed by atoms with E-state index in [1.54, 1.807) is 54.1 Å². The fourth-order valence-corrected chi connectivity index (χ4v) is 4.69. The van der Waals surface area contributed by atoms with Gasteiger partial charge in [-0.3, -0.25) is 4.79 Å². The average molecular weight is 472 g/mol. The first kappa shape index (κ1) is 21.9. The van der Waals surface area contributed by atoms with Crippen LogP contribution in [0.4, 0.5) is 4.39 Å². The number of benzene rings is 2. The van der Waals surface area contributed by atoms with Crippen molar-refractivity contribution in [2.24, 2.45) is 0 Å². The van der Waals surface area contributed by atoms with Crippen molar-refractivity contribution in [3.8, 4) is 21.8 Å². The Morgan fingerprint density at radius 3 is 2.62 bits per heavy atom. The molecule has 6 nitrogen and oxygen atoms in total. The van der Waals surface area contributed by atoms with E-state index < -0.39 is 0 Å². The van der Waals surface area contributed by atoms with E-state index in [9.17, 15) is 9.18 Å². The van der Waals surface area contributed by atoms with Crippen molar-refractivity contribution in [1.82, 2.24) is 25.3 Å². The lowest BCUT2D eigenvalue weighted by molar-refractivity contribution is 0.0953. The highest BCUT2D eigenvalue weighted by Gasteiger charge is 2.17. The molecular weight excluding hydrogens is 449 g/mol. The molecule has 0 aliphatic heterocycles. The molecule has 0 unspecified atom stereocenters. The van der Waals surface area contributed by atoms with Crippen LogP contribution >= 0.6 is 11.3 Å². The van der Waals surface area contributed by atoms with Gasteiger partial charge in [0.25, 0.3) is 5.91 Å². The second-order valence-corrected chi connectivity index (χ2v) is 8.88. The molecule has 0 atom stereocenters. The SMILES string of the molecule is Cc1ccsc1-c1nc2cc(C(=O)NCCCc3ncc[nH]3)ccc2nc1-c1ccc(F)cc1. The molecule has 0 spiro atoms. The van der Waals surface area contributed by atoms with E-state index in [2.05, 4.69) is 15.3 Å². The monoisotopic (exact) mass is 471 g/mol. The maximum atomic E-state index is 13.5. The van der Waals surface area contributed by atoms with E-state index in [-0.39, 0.29) is 11.7 Å². The van der Waals surface area contributed by atoms with Gasteiger partial charge >= 0.3 is 0 Å². The first-order valence-electron chi connectivity index (χ1n) is 11.0. The molecule has 5 aromatic rings. The number of carbonyl (C=O) groups excluding carboxylic acids is 1. The van der Waals surface area contributed by atoms with Crippen molar-refractivity contribution >= 4 is 28.3 Å². The molecule has 5 rings (SSSR count). The smallest absolute Gasteiger partial charge is 0.251 e. The highest BCUT2D eigenvalue weighted by Crippen LogP contribution is 2.36. The van der Waals surface area contributed by atoms with E-state index in [0.717, 1.165) is 40.4 Å². The Balaban J connectivity index is 1.45. The van der Waals surface area contributed by atoms with Crippen LogP contribution in [0.5, 0.6) is 0 Å². The van der Waals surface area contributed by atoms with E-state index in [0.29, 0.717) is 28.8 Å². The largest absolute Gasteiger partial charge is 0.352 e. The molecule has 0 saturated carbocycles. The maximum Gasteiger partial charge on any atom is 0.251 e. The second kappa shape index (κ2) is 9.52. The molecule has 170 valence electrons. The molecule has 1 amide bonds. The number of H-pyrrole nitrogens is 1. The van der Waals surface area contributed by atoms with Gasteiger partial charge in [0.1, 0.15) is 17.3 Å². The zero-order valence-corrected chi connectivity index (χ0v) is 19.3. The molecule has 0 fully saturated rings. The molecular formula is C26H22FN5OS. The van der Waals surface area contributed by atoms with E-state index in [1.165, 1.54) is 12.1 Å². The Labute approximate surface area is 199 Å². The number of hydrogen-bond donors (Lipinski definition) is 2. The molecule has 0 radical (unpaired) electrons. The second-order valence-electron chi connectivity index (χ2n) is 7.96. The Morgan fingerprint density at radius 2 is 1.88 bits per heavy atom. The third-order valence-electron chi connectivity index (χ3n) is 5.55. The van der Waals surface area contributed by atoms with Crippen molar-refractivity contribution in [2.75, 3.05) is 6.54 Å². The summed E-state index contributed by atoms with van der Waals surface area (Å²) in [5.41, 5.74) is 5.13. The van der Waals surface area contributed by atoms with Gasteiger partial charge in [-0.15, -0.1) is 11.3 Å². The minimum atomic E-state index is -0.300. The summed E-state index contributed by atoms with van der Waals surface area (Å²) in [5, 5.41) is 4.97. The Morgan fingerprint density at radius 1 is 1.06 bits per heavy atom. The van der Waals surface area contributed by atoms with Gasteiger partial charge in [-0.05, 0) is 72.8 Å². The molecule has 8 heteroatoms. The molecule has 2 aromatic carbocycles. The number of amides is 1. The summed E-state index contributed by atoms with van der Waals surface area (Å²) >= 11 is 1.58. The fourth-order valence-electron chi connectivity index (χ4n) is 3.77. The van der Waals surface area contributed by atoms with Crippen LogP contribution in [0.15, 0.2) is 66.3 Å². The van der Waals surface area contributed by atoms with Crippen LogP contribution in [0.1, 0.15) is 28.2 Å². The quantitative estimate of drug-likeness (QED) is 0.305. The van der Waals surface area contributed by atoms with Crippen LogP contribution in [0.25, 0.3) is 32.9 Å². The van der Waals surface area contributed by atoms with Gasteiger partial charge in [-0.25, -0.2) is 19.3 Å². The summed E-state index contributed by atoms with van der Waals surface area (Å²) in [6.45, 7) is 2.57. The lowest BCUT2D eigenvalue weighted by Gasteiger charge is -2.11. The number of hydrogen-bond acceptors (Lipinski definition) is 5. The number of aryl methyl sites for hydroxylation is 2. The van der Waals surface area contributed by atoms with Crippen LogP contribution in [-0.4, -0.2) is 32.4 Å². The van der Waals surface area contributed by atoms with Crippen molar-refractivity contribution in [3.63, 3.8) is 0 Å². The number of fused-ring (bicyclic) bond motifs is 1. The summed E-state index contributed by atoms with van der Waals surface area (Å²) < 4.78 is 13.5. The molecule has 0 aliphatic carbocycles. The van der Waals surface area contributed by atoms with Crippen LogP contribution in [0, 0.1) is 12.7 Å². The first-order valence-corrected chi connectivity index (χ1v) is 11.8. The molecule has 0 saturated heterocycles. The van der Waals surface area contributed by atoms with Gasteiger partial charge < -0.3 is 10.3 Å². The summed E-state index contributed by atoms with van der Waals surface area (Å²) in [6.07, 6.45) is 5.07. The van der Waals surface area contributed by atoms with E-state index in [1.807, 2.05) is 18.4 Å². The van der Waals surface area contributed by atoms with E-state index in [4.69, 9.17) is 9.97 Å². The Bertz CT molecular complexity index is 1440. The third kappa shape index (κ3) is 4.58. The standard InChI is InChI=1S/C26H22FN5OS/c1-16-10-14-34-25(16)24-23(17-4-7-19(27)8-5-17)31-20-9-6-18(15-21(20)32-24)26(33)30-11-2-3-22-28-12-13-29-22/h4-10,12-15H,2-3,11H2,1H3,(H,28,29)(H,30,33). The number of aromatic nitrogens is 4. The molecule has 0 aliphatic rings. The number of halogens is 1. The van der Waals surface area contributed by atoms with Gasteiger partial charge in [0.2, 0.25) is 0 Å². The van der Waals surface area contributed by atoms with Gasteiger partial charge in [0.15, 0.2) is 0 Å². The topological polar surface area (TPSA) is 83.6 Å². The predicted molar refractivity (Wildman–Crippen MR) is 132 cm³/mol. The molecule has 3 aromatic heterocycles. The minimum Gasteiger partial charge on any atom is -0.352 e. The number of nitrogens with one attached hydrogen (secondary N) is 2. The van der Waals surface area contributed by atoms with Crippen molar-refractivity contribution in [3.05, 3.63) is 89.1 Å². The Hall–Kier alpha value is -3.91. The predicted octanol–water partition coefficient (Wildman–Crippen LogP) is 5.56. The summed E-state index contributed by atoms with van der Waals surface area (Å²) in [6, 6.07) is 13.6. The van der Waals surface area contributed by atoms with Crippen LogP contribution in [-0.2, 0) is 6.42 Å². The normalized spacial score (nSPS) is 11.1. The average Bonchev–Trinajstić information content (AvgIpc) is 3.53. The Kier molecular flexibility index (Phi) is 6.14. The number of imidazole rings is 1. The molecule has 34 heavy (non-hydrogen) atoms. The third-order valence-corrected chi connectivity index (χ3v) is 6.58. The summed E-state index contributed by atoms with van der Waals surface area (Å²) in [7, 11) is 0. The van der Waals surface area contributed by atoms with Gasteiger partial charge in [0.05, 0.1) is 21.6 Å². The fraction of sp³-hybridized carbons (Fsp3) is 0.154. The first-order chi connectivity index (χ1) is 16.6. The molecule has 3 heterocycles. The number of carbonyl (C=O) groups is 1. The number of nitrogens with zero attached hydrogens (tertiary/aromatic N) is 3. The van der Waals surface area contributed by atoms with Crippen LogP contribution in [0.3, 0.4) is 0 Å². The number of thiophene rings is 1. The number of rotatable bonds is 7. The van der Waals surface area contributed by atoms with Gasteiger partial charge in [-0.2, -0.15) is 0 Å². The molecule has 2 N–H and O–H groups in total. The zero-order valence-electron chi connectivity index (χ0n) is 18.5. The van der Waals surface area contributed by atoms with E-state index >= 15 is 0 Å². The van der Waals surface area contributed by atoms with Crippen molar-refractivity contribution < 1.29 is 9.18 Å². The van der Waals surface area contributed by atoms with Crippen LogP contribution < -0.4 is 5.32 Å². The number of aromatic amines is 1. The zero-order chi connectivity index (χ0) is 23.5. The van der Waals surface area contributed by atoms with Gasteiger partial charge in [0, 0.05) is 36.5 Å². The maximum absolute atomic E-state index is 13.5. The van der Waals surface area contributed by atoms with Crippen LogP contribution in [0.2, 0.25) is 0 Å². The van der Waals surface area contributed by atoms with Crippen molar-refractivity contribution in [1.29, 1.82) is 0 Å². The van der Waals surface area contributed by atoms with Gasteiger partial charge in [-0.1, -0.05) is 0 Å².